The van der Waals surface area contributed by atoms with Gasteiger partial charge in [0.25, 0.3) is 5.91 Å². The first-order valence-corrected chi connectivity index (χ1v) is 9.20. The molecule has 25 heavy (non-hydrogen) atoms. The van der Waals surface area contributed by atoms with Gasteiger partial charge in [-0.1, -0.05) is 24.3 Å². The van der Waals surface area contributed by atoms with Gasteiger partial charge in [0.05, 0.1) is 4.90 Å². The average Bonchev–Trinajstić information content (AvgIpc) is 3.14. The van der Waals surface area contributed by atoms with Crippen LogP contribution in [0.2, 0.25) is 0 Å². The van der Waals surface area contributed by atoms with Crippen molar-refractivity contribution in [3.63, 3.8) is 0 Å². The zero-order chi connectivity index (χ0) is 18.0. The van der Waals surface area contributed by atoms with Crippen LogP contribution in [0.1, 0.15) is 10.4 Å². The largest absolute Gasteiger partial charge is 0.355 e. The molecule has 0 unspecified atom stereocenters. The molecule has 1 heterocycles. The van der Waals surface area contributed by atoms with Gasteiger partial charge in [-0.25, -0.2) is 8.42 Å². The summed E-state index contributed by atoms with van der Waals surface area (Å²) in [6, 6.07) is 11.8. The van der Waals surface area contributed by atoms with Crippen LogP contribution in [0.5, 0.6) is 0 Å². The van der Waals surface area contributed by atoms with Gasteiger partial charge in [0.1, 0.15) is 0 Å². The number of carbonyl (C=O) groups excluding carboxylic acids is 1. The van der Waals surface area contributed by atoms with E-state index < -0.39 is 9.84 Å². The molecular weight excluding hydrogens is 342 g/mol. The third-order valence-corrected chi connectivity index (χ3v) is 4.82. The third-order valence-electron chi connectivity index (χ3n) is 3.68. The summed E-state index contributed by atoms with van der Waals surface area (Å²) in [5.41, 5.74) is 2.24. The Morgan fingerprint density at radius 2 is 1.84 bits per heavy atom. The van der Waals surface area contributed by atoms with Gasteiger partial charge in [-0.05, 0) is 34.5 Å². The van der Waals surface area contributed by atoms with Gasteiger partial charge in [-0.15, -0.1) is 10.2 Å². The summed E-state index contributed by atoms with van der Waals surface area (Å²) in [6.07, 6.45) is 1.13. The van der Waals surface area contributed by atoms with Crippen LogP contribution in [0.25, 0.3) is 22.5 Å². The van der Waals surface area contributed by atoms with Crippen molar-refractivity contribution in [1.82, 2.24) is 25.9 Å². The first kappa shape index (κ1) is 16.8. The lowest BCUT2D eigenvalue weighted by molar-refractivity contribution is 0.0963. The second-order valence-corrected chi connectivity index (χ2v) is 7.33. The summed E-state index contributed by atoms with van der Waals surface area (Å²) in [4.78, 5) is 11.8. The lowest BCUT2D eigenvalue weighted by atomic mass is 9.98. The smallest absolute Gasteiger partial charge is 0.251 e. The molecule has 2 aromatic carbocycles. The maximum atomic E-state index is 12.2. The Kier molecular flexibility index (Phi) is 4.32. The van der Waals surface area contributed by atoms with Gasteiger partial charge >= 0.3 is 0 Å². The minimum absolute atomic E-state index is 0.113. The molecule has 3 aromatic rings. The molecule has 3 rings (SSSR count). The fourth-order valence-corrected chi connectivity index (χ4v) is 3.42. The predicted octanol–water partition coefficient (Wildman–Crippen LogP) is 1.30. The van der Waals surface area contributed by atoms with Crippen molar-refractivity contribution in [3.05, 3.63) is 48.0 Å². The van der Waals surface area contributed by atoms with Crippen LogP contribution in [-0.4, -0.2) is 48.3 Å². The van der Waals surface area contributed by atoms with Crippen LogP contribution in [0.3, 0.4) is 0 Å². The van der Waals surface area contributed by atoms with E-state index >= 15 is 0 Å². The highest BCUT2D eigenvalue weighted by molar-refractivity contribution is 7.90. The summed E-state index contributed by atoms with van der Waals surface area (Å²) in [6.45, 7) is 0. The van der Waals surface area contributed by atoms with Gasteiger partial charge in [0, 0.05) is 24.4 Å². The number of tetrazole rings is 1. The fraction of sp³-hybridized carbons (Fsp3) is 0.125. The number of aromatic amines is 1. The highest BCUT2D eigenvalue weighted by atomic mass is 32.2. The zero-order valence-corrected chi connectivity index (χ0v) is 14.3. The molecule has 128 valence electrons. The summed E-state index contributed by atoms with van der Waals surface area (Å²) in [5.74, 6) is -0.0127. The number of benzene rings is 2. The van der Waals surface area contributed by atoms with E-state index in [4.69, 9.17) is 0 Å². The Labute approximate surface area is 144 Å². The van der Waals surface area contributed by atoms with Crippen LogP contribution < -0.4 is 5.32 Å². The molecule has 0 aliphatic rings. The molecule has 0 aliphatic carbocycles. The van der Waals surface area contributed by atoms with Crippen LogP contribution in [0.15, 0.2) is 47.4 Å². The molecule has 2 N–H and O–H groups in total. The number of hydrogen-bond donors (Lipinski definition) is 2. The van der Waals surface area contributed by atoms with Crippen LogP contribution >= 0.6 is 0 Å². The van der Waals surface area contributed by atoms with E-state index in [1.165, 1.54) is 6.07 Å². The Balaban J connectivity index is 2.22. The Bertz CT molecular complexity index is 1010. The Hall–Kier alpha value is -3.07. The summed E-state index contributed by atoms with van der Waals surface area (Å²) < 4.78 is 24.4. The maximum Gasteiger partial charge on any atom is 0.251 e. The molecule has 0 fully saturated rings. The molecule has 9 heteroatoms. The molecule has 0 spiro atoms. The third kappa shape index (κ3) is 3.26. The molecule has 0 atom stereocenters. The molecule has 1 amide bonds. The second kappa shape index (κ2) is 6.44. The highest BCUT2D eigenvalue weighted by Gasteiger charge is 2.21. The van der Waals surface area contributed by atoms with Gasteiger partial charge in [0.15, 0.2) is 9.84 Å². The van der Waals surface area contributed by atoms with Crippen LogP contribution in [0, 0.1) is 0 Å². The maximum absolute atomic E-state index is 12.2. The van der Waals surface area contributed by atoms with E-state index in [-0.39, 0.29) is 16.6 Å². The normalized spacial score (nSPS) is 11.3. The van der Waals surface area contributed by atoms with Crippen molar-refractivity contribution < 1.29 is 13.2 Å². The van der Waals surface area contributed by atoms with Crippen molar-refractivity contribution in [1.29, 1.82) is 0 Å². The molecule has 0 saturated carbocycles. The monoisotopic (exact) mass is 357 g/mol. The fourth-order valence-electron chi connectivity index (χ4n) is 2.52. The summed E-state index contributed by atoms with van der Waals surface area (Å²) >= 11 is 0. The summed E-state index contributed by atoms with van der Waals surface area (Å²) in [5, 5.41) is 16.3. The van der Waals surface area contributed by atoms with Crippen molar-refractivity contribution in [2.75, 3.05) is 13.3 Å². The summed E-state index contributed by atoms with van der Waals surface area (Å²) in [7, 11) is -1.95. The minimum Gasteiger partial charge on any atom is -0.355 e. The number of H-pyrrole nitrogens is 1. The van der Waals surface area contributed by atoms with E-state index in [0.717, 1.165) is 11.8 Å². The van der Waals surface area contributed by atoms with E-state index in [1.54, 1.807) is 43.4 Å². The lowest BCUT2D eigenvalue weighted by Gasteiger charge is -2.12. The number of amides is 1. The molecule has 0 aliphatic heterocycles. The van der Waals surface area contributed by atoms with Gasteiger partial charge in [0.2, 0.25) is 5.82 Å². The topological polar surface area (TPSA) is 118 Å². The van der Waals surface area contributed by atoms with Crippen LogP contribution in [-0.2, 0) is 9.84 Å². The van der Waals surface area contributed by atoms with Crippen molar-refractivity contribution in [2.45, 2.75) is 4.90 Å². The first-order valence-electron chi connectivity index (χ1n) is 7.31. The zero-order valence-electron chi connectivity index (χ0n) is 13.5. The number of nitrogens with one attached hydrogen (secondary N) is 2. The van der Waals surface area contributed by atoms with E-state index in [0.29, 0.717) is 16.7 Å². The lowest BCUT2D eigenvalue weighted by Crippen LogP contribution is -2.17. The molecular formula is C16H15N5O3S. The number of hydrogen-bond acceptors (Lipinski definition) is 6. The van der Waals surface area contributed by atoms with Crippen molar-refractivity contribution in [2.24, 2.45) is 0 Å². The first-order chi connectivity index (χ1) is 11.9. The number of carbonyl (C=O) groups is 1. The number of nitrogens with zero attached hydrogens (tertiary/aromatic N) is 3. The van der Waals surface area contributed by atoms with Crippen LogP contribution in [0.4, 0.5) is 0 Å². The molecule has 8 nitrogen and oxygen atoms in total. The van der Waals surface area contributed by atoms with Gasteiger partial charge in [-0.3, -0.25) is 4.79 Å². The Morgan fingerprint density at radius 3 is 2.40 bits per heavy atom. The SMILES string of the molecule is CNC(=O)c1ccc(-c2cccc(S(C)(=O)=O)c2-c2nn[nH]n2)cc1. The van der Waals surface area contributed by atoms with Gasteiger partial charge in [-0.2, -0.15) is 5.21 Å². The quantitative estimate of drug-likeness (QED) is 0.726. The number of sulfone groups is 1. The standard InChI is InChI=1S/C16H15N5O3S/c1-17-16(22)11-8-6-10(7-9-11)12-4-3-5-13(25(2,23)24)14(12)15-18-20-21-19-15/h3-9H,1-2H3,(H,17,22)(H,18,19,20,21). The molecule has 0 bridgehead atoms. The second-order valence-electron chi connectivity index (χ2n) is 5.34. The van der Waals surface area contributed by atoms with Crippen molar-refractivity contribution >= 4 is 15.7 Å². The number of aromatic nitrogens is 4. The van der Waals surface area contributed by atoms with E-state index in [9.17, 15) is 13.2 Å². The van der Waals surface area contributed by atoms with Crippen molar-refractivity contribution in [3.8, 4) is 22.5 Å². The number of rotatable bonds is 4. The molecule has 0 saturated heterocycles. The minimum atomic E-state index is -3.50. The molecule has 0 radical (unpaired) electrons. The van der Waals surface area contributed by atoms with E-state index in [2.05, 4.69) is 25.9 Å². The molecule has 1 aromatic heterocycles. The van der Waals surface area contributed by atoms with Gasteiger partial charge < -0.3 is 5.32 Å². The average molecular weight is 357 g/mol. The predicted molar refractivity (Wildman–Crippen MR) is 91.5 cm³/mol. The Morgan fingerprint density at radius 1 is 1.12 bits per heavy atom. The highest BCUT2D eigenvalue weighted by Crippen LogP contribution is 2.35. The van der Waals surface area contributed by atoms with E-state index in [1.807, 2.05) is 0 Å².